The molecule has 0 aromatic carbocycles. The van der Waals surface area contributed by atoms with Gasteiger partial charge in [-0.1, -0.05) is 24.4 Å². The van der Waals surface area contributed by atoms with Crippen LogP contribution in [0.2, 0.25) is 0 Å². The summed E-state index contributed by atoms with van der Waals surface area (Å²) in [6, 6.07) is 0. The Morgan fingerprint density at radius 2 is 2.14 bits per heavy atom. The van der Waals surface area contributed by atoms with Crippen molar-refractivity contribution in [3.8, 4) is 0 Å². The van der Waals surface area contributed by atoms with Crippen LogP contribution in [-0.4, -0.2) is 16.1 Å². The third-order valence-corrected chi connectivity index (χ3v) is 3.20. The molecule has 4 nitrogen and oxygen atoms in total. The molecule has 0 bridgehead atoms. The summed E-state index contributed by atoms with van der Waals surface area (Å²) in [5, 5.41) is 3.09. The molecule has 2 rings (SSSR count). The Morgan fingerprint density at radius 1 is 1.36 bits per heavy atom. The Labute approximate surface area is 83.3 Å². The molecule has 0 N–H and O–H groups in total. The number of nitroso groups, excluding NO2 is 1. The maximum atomic E-state index is 10.5. The van der Waals surface area contributed by atoms with E-state index in [1.807, 2.05) is 6.20 Å². The third kappa shape index (κ3) is 1.56. The molecule has 1 aliphatic carbocycles. The Morgan fingerprint density at radius 3 is 2.71 bits per heavy atom. The molecule has 0 spiro atoms. The molecular formula is C10H15N3O. The summed E-state index contributed by atoms with van der Waals surface area (Å²) in [5.41, 5.74) is -0.0729. The van der Waals surface area contributed by atoms with Crippen LogP contribution in [0.5, 0.6) is 0 Å². The Balaban J connectivity index is 2.24. The van der Waals surface area contributed by atoms with E-state index in [0.29, 0.717) is 6.54 Å². The summed E-state index contributed by atoms with van der Waals surface area (Å²) in [6.45, 7) is 0.378. The number of rotatable bonds is 3. The molecule has 14 heavy (non-hydrogen) atoms. The molecule has 0 unspecified atom stereocenters. The van der Waals surface area contributed by atoms with E-state index in [4.69, 9.17) is 0 Å². The summed E-state index contributed by atoms with van der Waals surface area (Å²) < 4.78 is 2.06. The van der Waals surface area contributed by atoms with E-state index in [0.717, 1.165) is 12.8 Å². The largest absolute Gasteiger partial charge is 0.329 e. The van der Waals surface area contributed by atoms with Crippen molar-refractivity contribution in [1.82, 2.24) is 9.55 Å². The SMILES string of the molecule is O=NCC1(n2ccnc2)CCCCC1. The number of imidazole rings is 1. The summed E-state index contributed by atoms with van der Waals surface area (Å²) in [5.74, 6) is 0. The molecule has 1 aromatic heterocycles. The number of aromatic nitrogens is 2. The lowest BCUT2D eigenvalue weighted by atomic mass is 9.81. The van der Waals surface area contributed by atoms with Crippen LogP contribution < -0.4 is 0 Å². The maximum Gasteiger partial charge on any atom is 0.105 e. The lowest BCUT2D eigenvalue weighted by Crippen LogP contribution is -2.37. The Kier molecular flexibility index (Phi) is 2.61. The molecule has 1 aliphatic rings. The quantitative estimate of drug-likeness (QED) is 0.691. The summed E-state index contributed by atoms with van der Waals surface area (Å²) in [6.07, 6.45) is 11.3. The summed E-state index contributed by atoms with van der Waals surface area (Å²) in [4.78, 5) is 14.5. The average Bonchev–Trinajstić information content (AvgIpc) is 2.73. The Hall–Kier alpha value is -1.19. The predicted molar refractivity (Wildman–Crippen MR) is 53.9 cm³/mol. The fourth-order valence-corrected chi connectivity index (χ4v) is 2.37. The first-order valence-electron chi connectivity index (χ1n) is 5.15. The van der Waals surface area contributed by atoms with Crippen LogP contribution >= 0.6 is 0 Å². The van der Waals surface area contributed by atoms with E-state index in [9.17, 15) is 4.91 Å². The molecule has 76 valence electrons. The number of nitrogens with zero attached hydrogens (tertiary/aromatic N) is 3. The first-order valence-corrected chi connectivity index (χ1v) is 5.15. The standard InChI is InChI=1S/C10H15N3O/c14-12-8-10(4-2-1-3-5-10)13-7-6-11-9-13/h6-7,9H,1-5,8H2. The van der Waals surface area contributed by atoms with Gasteiger partial charge in [-0.2, -0.15) is 4.91 Å². The molecule has 0 aliphatic heterocycles. The fourth-order valence-electron chi connectivity index (χ4n) is 2.37. The third-order valence-electron chi connectivity index (χ3n) is 3.20. The second kappa shape index (κ2) is 3.90. The van der Waals surface area contributed by atoms with Crippen molar-refractivity contribution < 1.29 is 0 Å². The van der Waals surface area contributed by atoms with Gasteiger partial charge in [0.1, 0.15) is 6.54 Å². The molecule has 0 radical (unpaired) electrons. The first kappa shape index (κ1) is 9.37. The first-order chi connectivity index (χ1) is 6.87. The molecule has 4 heteroatoms. The molecule has 1 aromatic rings. The monoisotopic (exact) mass is 193 g/mol. The lowest BCUT2D eigenvalue weighted by Gasteiger charge is -2.36. The minimum absolute atomic E-state index is 0.0729. The van der Waals surface area contributed by atoms with E-state index in [1.165, 1.54) is 19.3 Å². The molecule has 1 fully saturated rings. The van der Waals surface area contributed by atoms with Gasteiger partial charge in [0.2, 0.25) is 0 Å². The summed E-state index contributed by atoms with van der Waals surface area (Å²) >= 11 is 0. The zero-order chi connectivity index (χ0) is 9.86. The van der Waals surface area contributed by atoms with Crippen molar-refractivity contribution in [2.75, 3.05) is 6.54 Å². The van der Waals surface area contributed by atoms with E-state index < -0.39 is 0 Å². The topological polar surface area (TPSA) is 47.2 Å². The highest BCUT2D eigenvalue weighted by molar-refractivity contribution is 4.95. The minimum atomic E-state index is -0.0729. The van der Waals surface area contributed by atoms with E-state index in [2.05, 4.69) is 14.7 Å². The summed E-state index contributed by atoms with van der Waals surface area (Å²) in [7, 11) is 0. The second-order valence-electron chi connectivity index (χ2n) is 4.04. The van der Waals surface area contributed by atoms with Gasteiger partial charge in [-0.15, -0.1) is 0 Å². The van der Waals surface area contributed by atoms with Gasteiger partial charge in [-0.3, -0.25) is 0 Å². The second-order valence-corrected chi connectivity index (χ2v) is 4.04. The van der Waals surface area contributed by atoms with Gasteiger partial charge in [-0.25, -0.2) is 4.98 Å². The van der Waals surface area contributed by atoms with Gasteiger partial charge in [0.15, 0.2) is 0 Å². The van der Waals surface area contributed by atoms with Crippen LogP contribution in [-0.2, 0) is 5.54 Å². The van der Waals surface area contributed by atoms with Crippen molar-refractivity contribution in [2.45, 2.75) is 37.6 Å². The van der Waals surface area contributed by atoms with E-state index >= 15 is 0 Å². The molecule has 0 saturated heterocycles. The van der Waals surface area contributed by atoms with Gasteiger partial charge >= 0.3 is 0 Å². The van der Waals surface area contributed by atoms with Gasteiger partial charge in [0.25, 0.3) is 0 Å². The number of hydrogen-bond donors (Lipinski definition) is 0. The van der Waals surface area contributed by atoms with Crippen molar-refractivity contribution >= 4 is 0 Å². The van der Waals surface area contributed by atoms with Crippen LogP contribution in [0.15, 0.2) is 23.9 Å². The molecule has 1 heterocycles. The van der Waals surface area contributed by atoms with Crippen LogP contribution in [0.1, 0.15) is 32.1 Å². The van der Waals surface area contributed by atoms with E-state index in [-0.39, 0.29) is 5.54 Å². The predicted octanol–water partition coefficient (Wildman–Crippen LogP) is 2.31. The molecular weight excluding hydrogens is 178 g/mol. The average molecular weight is 193 g/mol. The fraction of sp³-hybridized carbons (Fsp3) is 0.700. The number of hydrogen-bond acceptors (Lipinski definition) is 3. The highest BCUT2D eigenvalue weighted by Gasteiger charge is 2.33. The minimum Gasteiger partial charge on any atom is -0.329 e. The molecule has 0 amide bonds. The van der Waals surface area contributed by atoms with Crippen molar-refractivity contribution in [3.05, 3.63) is 23.6 Å². The van der Waals surface area contributed by atoms with Gasteiger partial charge in [0.05, 0.1) is 11.9 Å². The van der Waals surface area contributed by atoms with Gasteiger partial charge in [-0.05, 0) is 12.8 Å². The van der Waals surface area contributed by atoms with Crippen molar-refractivity contribution in [3.63, 3.8) is 0 Å². The van der Waals surface area contributed by atoms with Gasteiger partial charge in [0, 0.05) is 12.4 Å². The highest BCUT2D eigenvalue weighted by Crippen LogP contribution is 2.34. The van der Waals surface area contributed by atoms with Gasteiger partial charge < -0.3 is 4.57 Å². The lowest BCUT2D eigenvalue weighted by molar-refractivity contribution is 0.202. The zero-order valence-electron chi connectivity index (χ0n) is 8.22. The highest BCUT2D eigenvalue weighted by atomic mass is 16.3. The van der Waals surface area contributed by atoms with E-state index in [1.54, 1.807) is 12.5 Å². The van der Waals surface area contributed by atoms with Crippen LogP contribution in [0.4, 0.5) is 0 Å². The smallest absolute Gasteiger partial charge is 0.105 e. The van der Waals surface area contributed by atoms with Crippen LogP contribution in [0, 0.1) is 4.91 Å². The van der Waals surface area contributed by atoms with Crippen molar-refractivity contribution in [1.29, 1.82) is 0 Å². The van der Waals surface area contributed by atoms with Crippen molar-refractivity contribution in [2.24, 2.45) is 5.18 Å². The normalized spacial score (nSPS) is 20.6. The van der Waals surface area contributed by atoms with Crippen LogP contribution in [0.25, 0.3) is 0 Å². The molecule has 1 saturated carbocycles. The zero-order valence-corrected chi connectivity index (χ0v) is 8.22. The van der Waals surface area contributed by atoms with Crippen LogP contribution in [0.3, 0.4) is 0 Å². The molecule has 0 atom stereocenters. The maximum absolute atomic E-state index is 10.5. The Bertz CT molecular complexity index is 288.